The predicted octanol–water partition coefficient (Wildman–Crippen LogP) is 2.12. The minimum absolute atomic E-state index is 0.0721. The predicted molar refractivity (Wildman–Crippen MR) is 128 cm³/mol. The lowest BCUT2D eigenvalue weighted by molar-refractivity contribution is -0.157. The summed E-state index contributed by atoms with van der Waals surface area (Å²) in [5.74, 6) is -4.17. The number of fused-ring (bicyclic) bond motifs is 3. The Balaban J connectivity index is 1.94. The number of ether oxygens (including phenoxy) is 3. The van der Waals surface area contributed by atoms with Crippen LogP contribution in [0.3, 0.4) is 0 Å². The van der Waals surface area contributed by atoms with Crippen molar-refractivity contribution in [1.82, 2.24) is 0 Å². The van der Waals surface area contributed by atoms with E-state index in [1.165, 1.54) is 19.1 Å². The zero-order valence-electron chi connectivity index (χ0n) is 21.3. The largest absolute Gasteiger partial charge is 0.458 e. The molecule has 1 heterocycles. The Morgan fingerprint density at radius 3 is 2.39 bits per heavy atom. The van der Waals surface area contributed by atoms with E-state index in [9.17, 15) is 29.4 Å². The van der Waals surface area contributed by atoms with Gasteiger partial charge < -0.3 is 24.4 Å². The van der Waals surface area contributed by atoms with Gasteiger partial charge in [0.05, 0.1) is 18.1 Å². The van der Waals surface area contributed by atoms with Gasteiger partial charge in [-0.25, -0.2) is 9.59 Å². The first-order valence-electron chi connectivity index (χ1n) is 12.0. The van der Waals surface area contributed by atoms with Gasteiger partial charge >= 0.3 is 17.9 Å². The van der Waals surface area contributed by atoms with Crippen molar-refractivity contribution in [3.05, 3.63) is 47.1 Å². The summed E-state index contributed by atoms with van der Waals surface area (Å²) >= 11 is 0. The van der Waals surface area contributed by atoms with Crippen molar-refractivity contribution in [2.45, 2.75) is 71.4 Å². The molecular weight excluding hydrogens is 468 g/mol. The Morgan fingerprint density at radius 2 is 1.83 bits per heavy atom. The van der Waals surface area contributed by atoms with Crippen molar-refractivity contribution < 1.29 is 43.6 Å². The summed E-state index contributed by atoms with van der Waals surface area (Å²) in [5, 5.41) is 21.0. The van der Waals surface area contributed by atoms with E-state index in [-0.39, 0.29) is 29.6 Å². The third kappa shape index (κ3) is 5.08. The van der Waals surface area contributed by atoms with Crippen LogP contribution in [0.5, 0.6) is 0 Å². The van der Waals surface area contributed by atoms with Gasteiger partial charge in [0, 0.05) is 48.3 Å². The molecule has 196 valence electrons. The topological polar surface area (TPSA) is 136 Å². The van der Waals surface area contributed by atoms with Crippen LogP contribution in [0.1, 0.15) is 47.5 Å². The van der Waals surface area contributed by atoms with Crippen LogP contribution in [0.15, 0.2) is 47.1 Å². The molecule has 0 aromatic heterocycles. The molecule has 7 atom stereocenters. The minimum atomic E-state index is -1.47. The second-order valence-electron chi connectivity index (χ2n) is 9.85. The monoisotopic (exact) mass is 502 g/mol. The van der Waals surface area contributed by atoms with Crippen LogP contribution in [0, 0.1) is 17.8 Å². The van der Waals surface area contributed by atoms with Crippen molar-refractivity contribution in [2.75, 3.05) is 6.61 Å². The molecule has 1 saturated heterocycles. The number of ketones is 1. The summed E-state index contributed by atoms with van der Waals surface area (Å²) in [4.78, 5) is 49.9. The number of carbonyl (C=O) groups is 4. The average molecular weight is 503 g/mol. The summed E-state index contributed by atoms with van der Waals surface area (Å²) in [6.07, 6.45) is 1.84. The number of aliphatic hydroxyl groups is 2. The molecule has 3 aliphatic rings. The molecule has 0 radical (unpaired) electrons. The SMILES string of the molecule is C=C1C(=O)OC2C1C(OC(=O)C(=CC)CC(=O)C(=CC)CO)CC(C)(O)C1C(OC(C)=O)C=C(C)C21. The summed E-state index contributed by atoms with van der Waals surface area (Å²) in [5.41, 5.74) is -0.291. The molecule has 2 aliphatic carbocycles. The van der Waals surface area contributed by atoms with Crippen LogP contribution in [0.4, 0.5) is 0 Å². The van der Waals surface area contributed by atoms with Crippen molar-refractivity contribution in [2.24, 2.45) is 17.8 Å². The van der Waals surface area contributed by atoms with Gasteiger partial charge in [0.25, 0.3) is 0 Å². The van der Waals surface area contributed by atoms with Gasteiger partial charge in [-0.05, 0) is 33.8 Å². The molecule has 0 aromatic carbocycles. The Hall–Kier alpha value is -3.04. The van der Waals surface area contributed by atoms with Crippen molar-refractivity contribution >= 4 is 23.7 Å². The molecule has 1 aliphatic heterocycles. The number of aliphatic hydroxyl groups excluding tert-OH is 1. The maximum absolute atomic E-state index is 13.2. The first-order chi connectivity index (χ1) is 16.9. The van der Waals surface area contributed by atoms with Crippen molar-refractivity contribution in [3.8, 4) is 0 Å². The van der Waals surface area contributed by atoms with Gasteiger partial charge in [-0.1, -0.05) is 24.3 Å². The third-order valence-electron chi connectivity index (χ3n) is 7.44. The molecule has 1 saturated carbocycles. The van der Waals surface area contributed by atoms with Crippen molar-refractivity contribution in [1.29, 1.82) is 0 Å². The standard InChI is InChI=1S/C27H34O9/c1-7-16(10-18(30)17(8-2)12-28)26(32)35-20-11-27(6,33)23-19(34-15(5)29)9-13(3)21(23)24-22(20)14(4)25(31)36-24/h7-9,19-24,28,33H,4,10-12H2,1-3,5-6H3. The van der Waals surface area contributed by atoms with E-state index < -0.39 is 72.0 Å². The van der Waals surface area contributed by atoms with Gasteiger partial charge in [-0.2, -0.15) is 0 Å². The van der Waals surface area contributed by atoms with E-state index in [0.29, 0.717) is 0 Å². The normalized spacial score (nSPS) is 34.2. The molecule has 7 unspecified atom stereocenters. The Kier molecular flexibility index (Phi) is 8.05. The fourth-order valence-corrected chi connectivity index (χ4v) is 5.72. The fourth-order valence-electron chi connectivity index (χ4n) is 5.72. The van der Waals surface area contributed by atoms with E-state index in [1.54, 1.807) is 26.8 Å². The minimum Gasteiger partial charge on any atom is -0.458 e. The molecule has 0 spiro atoms. The molecule has 9 heteroatoms. The lowest BCUT2D eigenvalue weighted by Gasteiger charge is -2.37. The van der Waals surface area contributed by atoms with Gasteiger partial charge in [0.15, 0.2) is 5.78 Å². The molecule has 0 bridgehead atoms. The second-order valence-corrected chi connectivity index (χ2v) is 9.85. The maximum atomic E-state index is 13.2. The molecule has 2 N–H and O–H groups in total. The fraction of sp³-hybridized carbons (Fsp3) is 0.556. The second kappa shape index (κ2) is 10.5. The molecule has 3 rings (SSSR count). The van der Waals surface area contributed by atoms with Crippen LogP contribution in [-0.4, -0.2) is 64.4 Å². The smallest absolute Gasteiger partial charge is 0.334 e. The highest BCUT2D eigenvalue weighted by Crippen LogP contribution is 2.53. The Labute approximate surface area is 210 Å². The van der Waals surface area contributed by atoms with E-state index >= 15 is 0 Å². The summed E-state index contributed by atoms with van der Waals surface area (Å²) in [6, 6.07) is 0. The number of carbonyl (C=O) groups excluding carboxylic acids is 4. The van der Waals surface area contributed by atoms with Crippen LogP contribution in [0.25, 0.3) is 0 Å². The maximum Gasteiger partial charge on any atom is 0.334 e. The summed E-state index contributed by atoms with van der Waals surface area (Å²) in [6.45, 7) is 11.3. The number of esters is 3. The summed E-state index contributed by atoms with van der Waals surface area (Å²) in [7, 11) is 0. The van der Waals surface area contributed by atoms with Gasteiger partial charge in [-0.3, -0.25) is 9.59 Å². The quantitative estimate of drug-likeness (QED) is 0.232. The third-order valence-corrected chi connectivity index (χ3v) is 7.44. The van der Waals surface area contributed by atoms with Crippen LogP contribution in [-0.2, 0) is 33.4 Å². The number of allylic oxidation sites excluding steroid dienone is 2. The van der Waals surface area contributed by atoms with Crippen LogP contribution >= 0.6 is 0 Å². The van der Waals surface area contributed by atoms with Crippen LogP contribution < -0.4 is 0 Å². The zero-order chi connectivity index (χ0) is 26.9. The zero-order valence-corrected chi connectivity index (χ0v) is 21.3. The van der Waals surface area contributed by atoms with Crippen molar-refractivity contribution in [3.63, 3.8) is 0 Å². The Bertz CT molecular complexity index is 1060. The Morgan fingerprint density at radius 1 is 1.19 bits per heavy atom. The summed E-state index contributed by atoms with van der Waals surface area (Å²) < 4.78 is 17.0. The van der Waals surface area contributed by atoms with E-state index in [1.807, 2.05) is 6.92 Å². The molecule has 0 aromatic rings. The molecular formula is C27H34O9. The van der Waals surface area contributed by atoms with Crippen LogP contribution in [0.2, 0.25) is 0 Å². The number of hydrogen-bond acceptors (Lipinski definition) is 9. The highest BCUT2D eigenvalue weighted by Gasteiger charge is 2.61. The lowest BCUT2D eigenvalue weighted by atomic mass is 9.75. The van der Waals surface area contributed by atoms with E-state index in [2.05, 4.69) is 6.58 Å². The highest BCUT2D eigenvalue weighted by molar-refractivity contribution is 6.03. The number of hydrogen-bond donors (Lipinski definition) is 2. The molecule has 9 nitrogen and oxygen atoms in total. The van der Waals surface area contributed by atoms with E-state index in [0.717, 1.165) is 5.57 Å². The number of rotatable bonds is 7. The lowest BCUT2D eigenvalue weighted by Crippen LogP contribution is -2.46. The highest BCUT2D eigenvalue weighted by atomic mass is 16.6. The first kappa shape index (κ1) is 27.5. The van der Waals surface area contributed by atoms with Gasteiger partial charge in [-0.15, -0.1) is 0 Å². The number of Topliss-reactive ketones (excluding diaryl/α,β-unsaturated/α-hetero) is 1. The van der Waals surface area contributed by atoms with Gasteiger partial charge in [0.2, 0.25) is 0 Å². The van der Waals surface area contributed by atoms with Gasteiger partial charge in [0.1, 0.15) is 18.3 Å². The average Bonchev–Trinajstić information content (AvgIpc) is 3.23. The van der Waals surface area contributed by atoms with E-state index in [4.69, 9.17) is 14.2 Å². The molecule has 2 fully saturated rings. The molecule has 36 heavy (non-hydrogen) atoms. The first-order valence-corrected chi connectivity index (χ1v) is 12.0. The molecule has 0 amide bonds.